The molecule has 1 unspecified atom stereocenters. The third kappa shape index (κ3) is 3.37. The van der Waals surface area contributed by atoms with Crippen molar-refractivity contribution in [2.45, 2.75) is 44.2 Å². The molecule has 0 amide bonds. The highest BCUT2D eigenvalue weighted by atomic mass is 16.5. The summed E-state index contributed by atoms with van der Waals surface area (Å²) >= 11 is 0. The van der Waals surface area contributed by atoms with Gasteiger partial charge in [-0.15, -0.1) is 6.58 Å². The summed E-state index contributed by atoms with van der Waals surface area (Å²) in [5.74, 6) is 0. The van der Waals surface area contributed by atoms with Crippen molar-refractivity contribution in [1.82, 2.24) is 0 Å². The molecule has 0 aromatic carbocycles. The van der Waals surface area contributed by atoms with E-state index in [9.17, 15) is 0 Å². The SMILES string of the molecule is C=CCC(N)CC[C@H]1CCCO1. The Morgan fingerprint density at radius 2 is 2.50 bits per heavy atom. The van der Waals surface area contributed by atoms with Crippen LogP contribution in [0.3, 0.4) is 0 Å². The largest absolute Gasteiger partial charge is 0.378 e. The van der Waals surface area contributed by atoms with Crippen molar-refractivity contribution in [1.29, 1.82) is 0 Å². The van der Waals surface area contributed by atoms with E-state index in [-0.39, 0.29) is 6.04 Å². The van der Waals surface area contributed by atoms with E-state index in [0.717, 1.165) is 25.9 Å². The summed E-state index contributed by atoms with van der Waals surface area (Å²) in [7, 11) is 0. The van der Waals surface area contributed by atoms with E-state index in [0.29, 0.717) is 6.10 Å². The highest BCUT2D eigenvalue weighted by Gasteiger charge is 2.15. The number of ether oxygens (including phenoxy) is 1. The number of hydrogen-bond donors (Lipinski definition) is 1. The van der Waals surface area contributed by atoms with E-state index in [1.54, 1.807) is 0 Å². The molecule has 1 heterocycles. The van der Waals surface area contributed by atoms with Gasteiger partial charge in [-0.25, -0.2) is 0 Å². The fraction of sp³-hybridized carbons (Fsp3) is 0.800. The first-order valence-electron chi connectivity index (χ1n) is 4.81. The van der Waals surface area contributed by atoms with Gasteiger partial charge in [0.15, 0.2) is 0 Å². The summed E-state index contributed by atoms with van der Waals surface area (Å²) in [5.41, 5.74) is 5.84. The first-order chi connectivity index (χ1) is 5.83. The Morgan fingerprint density at radius 1 is 1.67 bits per heavy atom. The molecule has 2 N–H and O–H groups in total. The van der Waals surface area contributed by atoms with Crippen molar-refractivity contribution in [2.24, 2.45) is 5.73 Å². The summed E-state index contributed by atoms with van der Waals surface area (Å²) in [6, 6.07) is 0.284. The molecule has 0 aromatic rings. The smallest absolute Gasteiger partial charge is 0.0576 e. The van der Waals surface area contributed by atoms with E-state index >= 15 is 0 Å². The summed E-state index contributed by atoms with van der Waals surface area (Å²) in [6.45, 7) is 4.61. The molecule has 2 heteroatoms. The third-order valence-electron chi connectivity index (χ3n) is 2.35. The molecule has 0 bridgehead atoms. The van der Waals surface area contributed by atoms with Crippen LogP contribution in [0.1, 0.15) is 32.1 Å². The zero-order valence-electron chi connectivity index (χ0n) is 7.67. The molecular weight excluding hydrogens is 150 g/mol. The zero-order chi connectivity index (χ0) is 8.81. The van der Waals surface area contributed by atoms with E-state index in [2.05, 4.69) is 6.58 Å². The number of nitrogens with two attached hydrogens (primary N) is 1. The Labute approximate surface area is 74.8 Å². The lowest BCUT2D eigenvalue weighted by atomic mass is 10.0. The standard InChI is InChI=1S/C10H19NO/c1-2-4-9(11)6-7-10-5-3-8-12-10/h2,9-10H,1,3-8,11H2/t9?,10-/m1/s1. The highest BCUT2D eigenvalue weighted by molar-refractivity contribution is 4.77. The zero-order valence-corrected chi connectivity index (χ0v) is 7.67. The van der Waals surface area contributed by atoms with Gasteiger partial charge in [-0.2, -0.15) is 0 Å². The fourth-order valence-corrected chi connectivity index (χ4v) is 1.60. The van der Waals surface area contributed by atoms with Gasteiger partial charge in [0.2, 0.25) is 0 Å². The highest BCUT2D eigenvalue weighted by Crippen LogP contribution is 2.17. The Morgan fingerprint density at radius 3 is 3.08 bits per heavy atom. The van der Waals surface area contributed by atoms with Crippen LogP contribution < -0.4 is 5.73 Å². The van der Waals surface area contributed by atoms with Gasteiger partial charge in [0.25, 0.3) is 0 Å². The predicted octanol–water partition coefficient (Wildman–Crippen LogP) is 1.85. The van der Waals surface area contributed by atoms with Gasteiger partial charge in [0, 0.05) is 12.6 Å². The molecule has 0 aromatic heterocycles. The first kappa shape index (κ1) is 9.75. The maximum atomic E-state index is 5.84. The van der Waals surface area contributed by atoms with Gasteiger partial charge in [-0.3, -0.25) is 0 Å². The van der Waals surface area contributed by atoms with E-state index in [4.69, 9.17) is 10.5 Å². The maximum Gasteiger partial charge on any atom is 0.0576 e. The average Bonchev–Trinajstić information content (AvgIpc) is 2.53. The van der Waals surface area contributed by atoms with E-state index in [1.807, 2.05) is 6.08 Å². The lowest BCUT2D eigenvalue weighted by Gasteiger charge is -2.12. The maximum absolute atomic E-state index is 5.84. The summed E-state index contributed by atoms with van der Waals surface area (Å²) < 4.78 is 5.50. The second kappa shape index (κ2) is 5.33. The molecule has 1 aliphatic heterocycles. The van der Waals surface area contributed by atoms with Gasteiger partial charge in [0.05, 0.1) is 6.10 Å². The Kier molecular flexibility index (Phi) is 4.33. The second-order valence-corrected chi connectivity index (χ2v) is 3.50. The molecule has 1 aliphatic rings. The molecule has 0 spiro atoms. The van der Waals surface area contributed by atoms with Crippen LogP contribution in [0.25, 0.3) is 0 Å². The van der Waals surface area contributed by atoms with Gasteiger partial charge in [0.1, 0.15) is 0 Å². The van der Waals surface area contributed by atoms with Crippen molar-refractivity contribution < 1.29 is 4.74 Å². The van der Waals surface area contributed by atoms with Crippen molar-refractivity contribution in [3.63, 3.8) is 0 Å². The predicted molar refractivity (Wildman–Crippen MR) is 51.0 cm³/mol. The van der Waals surface area contributed by atoms with Gasteiger partial charge in [-0.1, -0.05) is 6.08 Å². The summed E-state index contributed by atoms with van der Waals surface area (Å²) in [5, 5.41) is 0. The van der Waals surface area contributed by atoms with Crippen LogP contribution in [0.4, 0.5) is 0 Å². The van der Waals surface area contributed by atoms with Crippen LogP contribution in [0, 0.1) is 0 Å². The van der Waals surface area contributed by atoms with E-state index < -0.39 is 0 Å². The summed E-state index contributed by atoms with van der Waals surface area (Å²) in [4.78, 5) is 0. The van der Waals surface area contributed by atoms with Crippen LogP contribution in [0.2, 0.25) is 0 Å². The topological polar surface area (TPSA) is 35.2 Å². The monoisotopic (exact) mass is 169 g/mol. The van der Waals surface area contributed by atoms with Crippen LogP contribution in [-0.4, -0.2) is 18.8 Å². The third-order valence-corrected chi connectivity index (χ3v) is 2.35. The van der Waals surface area contributed by atoms with Gasteiger partial charge < -0.3 is 10.5 Å². The molecule has 12 heavy (non-hydrogen) atoms. The fourth-order valence-electron chi connectivity index (χ4n) is 1.60. The second-order valence-electron chi connectivity index (χ2n) is 3.50. The van der Waals surface area contributed by atoms with Gasteiger partial charge >= 0.3 is 0 Å². The molecule has 70 valence electrons. The molecule has 2 atom stereocenters. The van der Waals surface area contributed by atoms with Crippen molar-refractivity contribution >= 4 is 0 Å². The Hall–Kier alpha value is -0.340. The minimum atomic E-state index is 0.284. The van der Waals surface area contributed by atoms with Crippen molar-refractivity contribution in [2.75, 3.05) is 6.61 Å². The van der Waals surface area contributed by atoms with Crippen molar-refractivity contribution in [3.05, 3.63) is 12.7 Å². The average molecular weight is 169 g/mol. The molecule has 0 radical (unpaired) electrons. The number of hydrogen-bond acceptors (Lipinski definition) is 2. The lowest BCUT2D eigenvalue weighted by Crippen LogP contribution is -2.21. The van der Waals surface area contributed by atoms with E-state index in [1.165, 1.54) is 12.8 Å². The molecular formula is C10H19NO. The molecule has 1 saturated heterocycles. The van der Waals surface area contributed by atoms with Crippen LogP contribution in [0.5, 0.6) is 0 Å². The quantitative estimate of drug-likeness (QED) is 0.637. The van der Waals surface area contributed by atoms with Crippen LogP contribution in [-0.2, 0) is 4.74 Å². The lowest BCUT2D eigenvalue weighted by molar-refractivity contribution is 0.101. The summed E-state index contributed by atoms with van der Waals surface area (Å²) in [6.07, 6.45) is 7.93. The Bertz CT molecular complexity index is 130. The molecule has 1 fully saturated rings. The molecule has 0 saturated carbocycles. The Balaban J connectivity index is 2.03. The van der Waals surface area contributed by atoms with Crippen molar-refractivity contribution in [3.8, 4) is 0 Å². The molecule has 1 rings (SSSR count). The number of rotatable bonds is 5. The van der Waals surface area contributed by atoms with Crippen LogP contribution >= 0.6 is 0 Å². The molecule has 2 nitrogen and oxygen atoms in total. The normalized spacial score (nSPS) is 25.6. The minimum Gasteiger partial charge on any atom is -0.378 e. The van der Waals surface area contributed by atoms with Gasteiger partial charge in [-0.05, 0) is 32.1 Å². The molecule has 0 aliphatic carbocycles. The van der Waals surface area contributed by atoms with Crippen LogP contribution in [0.15, 0.2) is 12.7 Å². The minimum absolute atomic E-state index is 0.284. The first-order valence-corrected chi connectivity index (χ1v) is 4.81.